The Morgan fingerprint density at radius 3 is 2.67 bits per heavy atom. The molecule has 1 amide bonds. The van der Waals surface area contributed by atoms with E-state index < -0.39 is 6.10 Å². The van der Waals surface area contributed by atoms with Gasteiger partial charge >= 0.3 is 0 Å². The Kier molecular flexibility index (Phi) is 8.25. The lowest BCUT2D eigenvalue weighted by molar-refractivity contribution is -0.146. The summed E-state index contributed by atoms with van der Waals surface area (Å²) in [5, 5.41) is 7.58. The number of carbonyl (C=O) groups is 1. The fourth-order valence-corrected chi connectivity index (χ4v) is 4.99. The number of thiophene rings is 1. The van der Waals surface area contributed by atoms with E-state index in [0.29, 0.717) is 44.4 Å². The summed E-state index contributed by atoms with van der Waals surface area (Å²) in [6, 6.07) is 4.36. The minimum Gasteiger partial charge on any atom is -0.493 e. The SMILES string of the molecule is COCCCOc1cc(CN(C(=O)[C@H]2CNCCO2)C2CC2)c(-c2cscc2C)cc1OC. The van der Waals surface area contributed by atoms with Crippen molar-refractivity contribution in [2.75, 3.05) is 47.1 Å². The number of aryl methyl sites for hydroxylation is 1. The van der Waals surface area contributed by atoms with Crippen LogP contribution in [0.3, 0.4) is 0 Å². The molecule has 7 nitrogen and oxygen atoms in total. The first-order valence-electron chi connectivity index (χ1n) is 11.6. The van der Waals surface area contributed by atoms with Gasteiger partial charge in [-0.05, 0) is 64.9 Å². The molecule has 1 aromatic carbocycles. The number of carbonyl (C=O) groups excluding carboxylic acids is 1. The number of ether oxygens (including phenoxy) is 4. The van der Waals surface area contributed by atoms with Crippen molar-refractivity contribution in [1.29, 1.82) is 0 Å². The summed E-state index contributed by atoms with van der Waals surface area (Å²) in [6.45, 7) is 5.73. The molecule has 1 N–H and O–H groups in total. The van der Waals surface area contributed by atoms with E-state index in [4.69, 9.17) is 18.9 Å². The average molecular weight is 475 g/mol. The molecule has 8 heteroatoms. The van der Waals surface area contributed by atoms with E-state index in [1.165, 1.54) is 5.56 Å². The number of benzene rings is 1. The van der Waals surface area contributed by atoms with Crippen molar-refractivity contribution in [3.8, 4) is 22.6 Å². The minimum absolute atomic E-state index is 0.0658. The molecule has 1 saturated heterocycles. The van der Waals surface area contributed by atoms with Gasteiger partial charge in [0.1, 0.15) is 6.10 Å². The molecule has 1 aliphatic carbocycles. The van der Waals surface area contributed by atoms with Crippen molar-refractivity contribution >= 4 is 17.2 Å². The quantitative estimate of drug-likeness (QED) is 0.502. The number of nitrogens with one attached hydrogen (secondary N) is 1. The molecule has 180 valence electrons. The Morgan fingerprint density at radius 2 is 2.03 bits per heavy atom. The molecule has 0 spiro atoms. The molecule has 4 rings (SSSR count). The lowest BCUT2D eigenvalue weighted by Crippen LogP contribution is -2.49. The van der Waals surface area contributed by atoms with Crippen molar-refractivity contribution < 1.29 is 23.7 Å². The Labute approximate surface area is 200 Å². The summed E-state index contributed by atoms with van der Waals surface area (Å²) in [4.78, 5) is 15.4. The van der Waals surface area contributed by atoms with Crippen LogP contribution >= 0.6 is 11.3 Å². The molecular weight excluding hydrogens is 440 g/mol. The maximum absolute atomic E-state index is 13.4. The van der Waals surface area contributed by atoms with Gasteiger partial charge in [0.2, 0.25) is 0 Å². The number of amides is 1. The van der Waals surface area contributed by atoms with Gasteiger partial charge in [0.15, 0.2) is 11.5 Å². The first-order valence-corrected chi connectivity index (χ1v) is 12.5. The first kappa shape index (κ1) is 24.0. The van der Waals surface area contributed by atoms with Crippen LogP contribution in [0.25, 0.3) is 11.1 Å². The first-order chi connectivity index (χ1) is 16.1. The van der Waals surface area contributed by atoms with Crippen LogP contribution in [0.5, 0.6) is 11.5 Å². The third-order valence-corrected chi connectivity index (χ3v) is 6.96. The Bertz CT molecular complexity index is 937. The van der Waals surface area contributed by atoms with E-state index in [1.54, 1.807) is 25.6 Å². The van der Waals surface area contributed by atoms with Gasteiger partial charge in [-0.15, -0.1) is 0 Å². The lowest BCUT2D eigenvalue weighted by Gasteiger charge is -2.31. The van der Waals surface area contributed by atoms with Crippen LogP contribution < -0.4 is 14.8 Å². The van der Waals surface area contributed by atoms with Crippen LogP contribution in [0.1, 0.15) is 30.4 Å². The number of hydrogen-bond donors (Lipinski definition) is 1. The number of rotatable bonds is 11. The van der Waals surface area contributed by atoms with Crippen LogP contribution in [0, 0.1) is 6.92 Å². The van der Waals surface area contributed by atoms with E-state index in [9.17, 15) is 4.79 Å². The van der Waals surface area contributed by atoms with Crippen LogP contribution in [0.15, 0.2) is 22.9 Å². The molecule has 33 heavy (non-hydrogen) atoms. The molecule has 0 unspecified atom stereocenters. The summed E-state index contributed by atoms with van der Waals surface area (Å²) >= 11 is 1.68. The summed E-state index contributed by atoms with van der Waals surface area (Å²) in [7, 11) is 3.35. The molecule has 1 aromatic heterocycles. The average Bonchev–Trinajstić information content (AvgIpc) is 3.60. The van der Waals surface area contributed by atoms with Gasteiger partial charge in [0.05, 0.1) is 20.3 Å². The number of methoxy groups -OCH3 is 2. The zero-order valence-corrected chi connectivity index (χ0v) is 20.5. The molecule has 0 bridgehead atoms. The third-order valence-electron chi connectivity index (χ3n) is 6.10. The number of hydrogen-bond acceptors (Lipinski definition) is 7. The highest BCUT2D eigenvalue weighted by Gasteiger charge is 2.37. The monoisotopic (exact) mass is 474 g/mol. The van der Waals surface area contributed by atoms with Gasteiger partial charge in [-0.3, -0.25) is 4.79 Å². The molecule has 1 atom stereocenters. The maximum atomic E-state index is 13.4. The van der Waals surface area contributed by atoms with Crippen LogP contribution in [-0.2, 0) is 20.8 Å². The van der Waals surface area contributed by atoms with Crippen molar-refractivity contribution in [3.05, 3.63) is 34.0 Å². The Hall–Kier alpha value is -2.13. The maximum Gasteiger partial charge on any atom is 0.253 e. The smallest absolute Gasteiger partial charge is 0.253 e. The molecular formula is C25H34N2O5S. The van der Waals surface area contributed by atoms with E-state index >= 15 is 0 Å². The van der Waals surface area contributed by atoms with Crippen molar-refractivity contribution in [3.63, 3.8) is 0 Å². The van der Waals surface area contributed by atoms with Crippen LogP contribution in [0.2, 0.25) is 0 Å². The van der Waals surface area contributed by atoms with Gasteiger partial charge in [-0.2, -0.15) is 11.3 Å². The van der Waals surface area contributed by atoms with Gasteiger partial charge in [-0.25, -0.2) is 0 Å². The third kappa shape index (κ3) is 5.87. The van der Waals surface area contributed by atoms with Gasteiger partial charge in [-0.1, -0.05) is 0 Å². The second-order valence-electron chi connectivity index (χ2n) is 8.58. The standard InChI is InChI=1S/C25H34N2O5S/c1-17-15-33-16-21(17)20-12-22(30-3)23(31-9-4-8-29-2)11-18(20)14-27(19-5-6-19)25(28)24-13-26-7-10-32-24/h11-12,15-16,19,24,26H,4-10,13-14H2,1-3H3/t24-/m1/s1. The molecule has 2 aliphatic rings. The summed E-state index contributed by atoms with van der Waals surface area (Å²) in [6.07, 6.45) is 2.44. The van der Waals surface area contributed by atoms with Gasteiger partial charge < -0.3 is 29.2 Å². The van der Waals surface area contributed by atoms with Crippen molar-refractivity contribution in [2.45, 2.75) is 44.9 Å². The second-order valence-corrected chi connectivity index (χ2v) is 9.33. The zero-order valence-electron chi connectivity index (χ0n) is 19.7. The van der Waals surface area contributed by atoms with Crippen LogP contribution in [-0.4, -0.2) is 70.1 Å². The van der Waals surface area contributed by atoms with Crippen LogP contribution in [0.4, 0.5) is 0 Å². The Morgan fingerprint density at radius 1 is 1.18 bits per heavy atom. The predicted octanol–water partition coefficient (Wildman–Crippen LogP) is 3.63. The number of nitrogens with zero attached hydrogens (tertiary/aromatic N) is 1. The number of morpholine rings is 1. The van der Waals surface area contributed by atoms with E-state index in [-0.39, 0.29) is 11.9 Å². The molecule has 1 saturated carbocycles. The molecule has 0 radical (unpaired) electrons. The second kappa shape index (κ2) is 11.3. The highest BCUT2D eigenvalue weighted by molar-refractivity contribution is 7.08. The zero-order chi connectivity index (χ0) is 23.2. The fraction of sp³-hybridized carbons (Fsp3) is 0.560. The normalized spacial score (nSPS) is 18.2. The predicted molar refractivity (Wildman–Crippen MR) is 129 cm³/mol. The molecule has 1 aliphatic heterocycles. The summed E-state index contributed by atoms with van der Waals surface area (Å²) < 4.78 is 22.7. The summed E-state index contributed by atoms with van der Waals surface area (Å²) in [5.74, 6) is 1.45. The molecule has 2 heterocycles. The minimum atomic E-state index is -0.423. The summed E-state index contributed by atoms with van der Waals surface area (Å²) in [5.41, 5.74) is 4.51. The largest absolute Gasteiger partial charge is 0.493 e. The van der Waals surface area contributed by atoms with Gasteiger partial charge in [0, 0.05) is 45.8 Å². The van der Waals surface area contributed by atoms with E-state index in [1.807, 2.05) is 17.0 Å². The van der Waals surface area contributed by atoms with Crippen molar-refractivity contribution in [1.82, 2.24) is 10.2 Å². The topological polar surface area (TPSA) is 69.3 Å². The molecule has 2 aromatic rings. The van der Waals surface area contributed by atoms with Crippen molar-refractivity contribution in [2.24, 2.45) is 0 Å². The fourth-order valence-electron chi connectivity index (χ4n) is 4.14. The Balaban J connectivity index is 1.66. The van der Waals surface area contributed by atoms with Gasteiger partial charge in [0.25, 0.3) is 5.91 Å². The lowest BCUT2D eigenvalue weighted by atomic mass is 9.97. The highest BCUT2D eigenvalue weighted by Crippen LogP contribution is 2.40. The highest BCUT2D eigenvalue weighted by atomic mass is 32.1. The van der Waals surface area contributed by atoms with E-state index in [2.05, 4.69) is 23.0 Å². The van der Waals surface area contributed by atoms with E-state index in [0.717, 1.165) is 42.5 Å². The molecule has 2 fully saturated rings.